The molecule has 0 saturated heterocycles. The number of ketones is 1. The van der Waals surface area contributed by atoms with E-state index in [1.54, 1.807) is 30.3 Å². The smallest absolute Gasteiger partial charge is 0.310 e. The number of carbonyl (C=O) groups is 2. The van der Waals surface area contributed by atoms with Gasteiger partial charge in [-0.15, -0.1) is 0 Å². The molecular weight excluding hydrogens is 437 g/mol. The predicted molar refractivity (Wildman–Crippen MR) is 126 cm³/mol. The first kappa shape index (κ1) is 23.2. The van der Waals surface area contributed by atoms with Crippen LogP contribution in [-0.4, -0.2) is 18.9 Å². The molecule has 6 nitrogen and oxygen atoms in total. The van der Waals surface area contributed by atoms with Gasteiger partial charge in [0.2, 0.25) is 0 Å². The Kier molecular flexibility index (Phi) is 6.75. The Morgan fingerprint density at radius 2 is 1.88 bits per heavy atom. The second-order valence-electron chi connectivity index (χ2n) is 7.89. The fourth-order valence-electron chi connectivity index (χ4n) is 3.79. The molecule has 0 aliphatic heterocycles. The van der Waals surface area contributed by atoms with Crippen molar-refractivity contribution in [1.29, 1.82) is 0 Å². The molecule has 0 spiro atoms. The van der Waals surface area contributed by atoms with Crippen LogP contribution in [0, 0.1) is 5.82 Å². The normalized spacial score (nSPS) is 10.9. The Morgan fingerprint density at radius 3 is 2.62 bits per heavy atom. The summed E-state index contributed by atoms with van der Waals surface area (Å²) in [6, 6.07) is 15.7. The van der Waals surface area contributed by atoms with E-state index in [-0.39, 0.29) is 18.8 Å². The molecule has 4 rings (SSSR count). The maximum absolute atomic E-state index is 15.3. The van der Waals surface area contributed by atoms with E-state index >= 15 is 4.39 Å². The number of hydrogen-bond acceptors (Lipinski definition) is 6. The Hall–Kier alpha value is -3.97. The van der Waals surface area contributed by atoms with Crippen molar-refractivity contribution < 1.29 is 27.9 Å². The first-order chi connectivity index (χ1) is 16.4. The highest BCUT2D eigenvalue weighted by molar-refractivity contribution is 5.95. The van der Waals surface area contributed by atoms with Crippen LogP contribution in [0.5, 0.6) is 5.75 Å². The standard InChI is InChI=1S/C27H24FNO5/c1-16(30)18-6-7-20(13-25(31)32-2)24(12-18)34-15-21-11-23(19-5-3-4-17(10-19)14-29)27-22(26(21)28)8-9-33-27/h3-12H,13-15,29H2,1-2H3. The molecule has 0 fully saturated rings. The Morgan fingerprint density at radius 1 is 1.06 bits per heavy atom. The zero-order chi connectivity index (χ0) is 24.2. The van der Waals surface area contributed by atoms with E-state index in [2.05, 4.69) is 0 Å². The number of Topliss-reactive ketones (excluding diaryl/α,β-unsaturated/α-hetero) is 1. The fourth-order valence-corrected chi connectivity index (χ4v) is 3.79. The van der Waals surface area contributed by atoms with E-state index in [9.17, 15) is 9.59 Å². The summed E-state index contributed by atoms with van der Waals surface area (Å²) in [5.74, 6) is -0.743. The number of fused-ring (bicyclic) bond motifs is 1. The topological polar surface area (TPSA) is 91.8 Å². The van der Waals surface area contributed by atoms with Crippen molar-refractivity contribution in [3.63, 3.8) is 0 Å². The summed E-state index contributed by atoms with van der Waals surface area (Å²) < 4.78 is 31.6. The van der Waals surface area contributed by atoms with E-state index < -0.39 is 11.8 Å². The summed E-state index contributed by atoms with van der Waals surface area (Å²) in [5.41, 5.74) is 9.98. The number of furan rings is 1. The molecule has 0 bridgehead atoms. The lowest BCUT2D eigenvalue weighted by Gasteiger charge is -2.14. The summed E-state index contributed by atoms with van der Waals surface area (Å²) in [5, 5.41) is 0.335. The third-order valence-electron chi connectivity index (χ3n) is 5.64. The molecule has 4 aromatic rings. The van der Waals surface area contributed by atoms with Gasteiger partial charge in [0, 0.05) is 28.8 Å². The highest BCUT2D eigenvalue weighted by atomic mass is 19.1. The second kappa shape index (κ2) is 9.89. The van der Waals surface area contributed by atoms with Gasteiger partial charge in [0.25, 0.3) is 0 Å². The minimum atomic E-state index is -0.459. The van der Waals surface area contributed by atoms with Crippen LogP contribution in [0.2, 0.25) is 0 Å². The molecule has 0 radical (unpaired) electrons. The SMILES string of the molecule is COC(=O)Cc1ccc(C(C)=O)cc1OCc1cc(-c2cccc(CN)c2)c2occc2c1F. The van der Waals surface area contributed by atoms with Crippen molar-refractivity contribution in [2.75, 3.05) is 7.11 Å². The van der Waals surface area contributed by atoms with Crippen LogP contribution in [0.15, 0.2) is 65.3 Å². The monoisotopic (exact) mass is 461 g/mol. The largest absolute Gasteiger partial charge is 0.488 e. The van der Waals surface area contributed by atoms with Crippen LogP contribution in [0.3, 0.4) is 0 Å². The van der Waals surface area contributed by atoms with Crippen molar-refractivity contribution in [3.05, 3.63) is 88.9 Å². The van der Waals surface area contributed by atoms with Crippen LogP contribution in [0.25, 0.3) is 22.1 Å². The number of ether oxygens (including phenoxy) is 2. The molecule has 174 valence electrons. The number of nitrogens with two attached hydrogens (primary N) is 1. The van der Waals surface area contributed by atoms with Gasteiger partial charge in [0.15, 0.2) is 5.78 Å². The number of rotatable bonds is 8. The molecule has 0 amide bonds. The van der Waals surface area contributed by atoms with E-state index in [0.717, 1.165) is 11.1 Å². The molecule has 0 aliphatic rings. The van der Waals surface area contributed by atoms with Gasteiger partial charge in [0.1, 0.15) is 23.8 Å². The van der Waals surface area contributed by atoms with Gasteiger partial charge in [-0.25, -0.2) is 4.39 Å². The summed E-state index contributed by atoms with van der Waals surface area (Å²) in [6.07, 6.45) is 1.41. The third-order valence-corrected chi connectivity index (χ3v) is 5.64. The predicted octanol–water partition coefficient (Wildman–Crippen LogP) is 5.19. The summed E-state index contributed by atoms with van der Waals surface area (Å²) in [7, 11) is 1.30. The first-order valence-electron chi connectivity index (χ1n) is 10.7. The molecule has 0 atom stereocenters. The molecule has 0 saturated carbocycles. The average molecular weight is 461 g/mol. The van der Waals surface area contributed by atoms with E-state index in [4.69, 9.17) is 19.6 Å². The maximum atomic E-state index is 15.3. The zero-order valence-corrected chi connectivity index (χ0v) is 18.9. The number of carbonyl (C=O) groups excluding carboxylic acids is 2. The van der Waals surface area contributed by atoms with Crippen LogP contribution in [0.1, 0.15) is 34.0 Å². The minimum Gasteiger partial charge on any atom is -0.488 e. The van der Waals surface area contributed by atoms with Crippen LogP contribution in [-0.2, 0) is 29.1 Å². The number of methoxy groups -OCH3 is 1. The summed E-state index contributed by atoms with van der Waals surface area (Å²) in [6.45, 7) is 1.70. The summed E-state index contributed by atoms with van der Waals surface area (Å²) in [4.78, 5) is 23.7. The average Bonchev–Trinajstić information content (AvgIpc) is 3.34. The molecule has 2 N–H and O–H groups in total. The van der Waals surface area contributed by atoms with Gasteiger partial charge >= 0.3 is 5.97 Å². The van der Waals surface area contributed by atoms with E-state index in [1.165, 1.54) is 20.3 Å². The quantitative estimate of drug-likeness (QED) is 0.287. The lowest BCUT2D eigenvalue weighted by Crippen LogP contribution is -2.08. The van der Waals surface area contributed by atoms with Crippen LogP contribution < -0.4 is 10.5 Å². The van der Waals surface area contributed by atoms with Gasteiger partial charge < -0.3 is 19.6 Å². The minimum absolute atomic E-state index is 0.0373. The lowest BCUT2D eigenvalue weighted by atomic mass is 9.98. The number of benzene rings is 3. The molecule has 34 heavy (non-hydrogen) atoms. The number of halogens is 1. The molecule has 7 heteroatoms. The molecule has 3 aromatic carbocycles. The molecule has 1 aromatic heterocycles. The van der Waals surface area contributed by atoms with E-state index in [0.29, 0.717) is 45.5 Å². The van der Waals surface area contributed by atoms with Gasteiger partial charge in [0.05, 0.1) is 25.2 Å². The number of esters is 1. The fraction of sp³-hybridized carbons (Fsp3) is 0.185. The van der Waals surface area contributed by atoms with E-state index in [1.807, 2.05) is 24.3 Å². The van der Waals surface area contributed by atoms with Crippen LogP contribution >= 0.6 is 0 Å². The Labute approximate surface area is 196 Å². The van der Waals surface area contributed by atoms with Crippen molar-refractivity contribution in [2.45, 2.75) is 26.5 Å². The summed E-state index contributed by atoms with van der Waals surface area (Å²) >= 11 is 0. The Balaban J connectivity index is 1.73. The Bertz CT molecular complexity index is 1370. The second-order valence-corrected chi connectivity index (χ2v) is 7.89. The lowest BCUT2D eigenvalue weighted by molar-refractivity contribution is -0.139. The molecule has 0 aliphatic carbocycles. The van der Waals surface area contributed by atoms with Crippen LogP contribution in [0.4, 0.5) is 4.39 Å². The third kappa shape index (κ3) is 4.70. The number of hydrogen-bond donors (Lipinski definition) is 1. The van der Waals surface area contributed by atoms with Crippen molar-refractivity contribution in [1.82, 2.24) is 0 Å². The highest BCUT2D eigenvalue weighted by Crippen LogP contribution is 2.34. The van der Waals surface area contributed by atoms with Crippen molar-refractivity contribution in [3.8, 4) is 16.9 Å². The molecular formula is C27H24FNO5. The van der Waals surface area contributed by atoms with Gasteiger partial charge in [-0.1, -0.05) is 30.3 Å². The van der Waals surface area contributed by atoms with Crippen molar-refractivity contribution in [2.24, 2.45) is 5.73 Å². The molecule has 1 heterocycles. The van der Waals surface area contributed by atoms with Gasteiger partial charge in [-0.05, 0) is 42.3 Å². The van der Waals surface area contributed by atoms with Gasteiger partial charge in [-0.2, -0.15) is 0 Å². The van der Waals surface area contributed by atoms with Crippen molar-refractivity contribution >= 4 is 22.7 Å². The highest BCUT2D eigenvalue weighted by Gasteiger charge is 2.18. The maximum Gasteiger partial charge on any atom is 0.310 e. The van der Waals surface area contributed by atoms with Gasteiger partial charge in [-0.3, -0.25) is 9.59 Å². The zero-order valence-electron chi connectivity index (χ0n) is 18.9. The first-order valence-corrected chi connectivity index (χ1v) is 10.7. The molecule has 0 unspecified atom stereocenters.